The summed E-state index contributed by atoms with van der Waals surface area (Å²) < 4.78 is 5.32. The van der Waals surface area contributed by atoms with Crippen molar-refractivity contribution in [1.29, 1.82) is 0 Å². The number of ether oxygens (including phenoxy) is 1. The lowest BCUT2D eigenvalue weighted by molar-refractivity contribution is -0.121. The van der Waals surface area contributed by atoms with Gasteiger partial charge in [-0.1, -0.05) is 73.7 Å². The molecule has 1 atom stereocenters. The average molecular weight is 491 g/mol. The lowest BCUT2D eigenvalue weighted by Crippen LogP contribution is -2.41. The molecular weight excluding hydrogens is 454 g/mol. The molecule has 191 valence electrons. The molecule has 3 rings (SSSR count). The molecule has 7 heteroatoms. The van der Waals surface area contributed by atoms with Gasteiger partial charge in [0.1, 0.15) is 12.4 Å². The number of carbonyl (C=O) groups is 2. The standard InChI is InChI=1S/C19H24N2O3.C10H12NO/c20-19(23)18(11-8-15-4-2-1-3-5-15)21-14-16-6-9-17(10-7-16)24-13-12-22;1-2-10(12)11-8-9-6-4-3-5-7-9/h1-7,9-10,18,21-22H,8,11-14H2,(H2,20,23);4-7H,2,8H2,1H3,(H,11,12)/t18-;/m1./s1. The van der Waals surface area contributed by atoms with E-state index < -0.39 is 0 Å². The summed E-state index contributed by atoms with van der Waals surface area (Å²) in [6, 6.07) is 27.7. The smallest absolute Gasteiger partial charge is 0.234 e. The number of nitrogens with one attached hydrogen (secondary N) is 2. The monoisotopic (exact) mass is 490 g/mol. The number of primary amides is 1. The average Bonchev–Trinajstić information content (AvgIpc) is 2.92. The van der Waals surface area contributed by atoms with Gasteiger partial charge in [0.05, 0.1) is 12.6 Å². The van der Waals surface area contributed by atoms with Crippen LogP contribution in [0.5, 0.6) is 5.75 Å². The number of hydrogen-bond acceptors (Lipinski definition) is 5. The number of aliphatic hydroxyl groups excluding tert-OH is 1. The molecule has 0 aromatic heterocycles. The third-order valence-electron chi connectivity index (χ3n) is 5.34. The molecule has 0 bridgehead atoms. The van der Waals surface area contributed by atoms with Gasteiger partial charge in [-0.25, -0.2) is 0 Å². The van der Waals surface area contributed by atoms with Crippen molar-refractivity contribution < 1.29 is 19.4 Å². The molecule has 0 unspecified atom stereocenters. The summed E-state index contributed by atoms with van der Waals surface area (Å²) in [7, 11) is 0. The Balaban J connectivity index is 0.000000319. The predicted octanol–water partition coefficient (Wildman–Crippen LogP) is 3.15. The Labute approximate surface area is 213 Å². The van der Waals surface area contributed by atoms with Crippen molar-refractivity contribution in [1.82, 2.24) is 10.6 Å². The van der Waals surface area contributed by atoms with E-state index >= 15 is 0 Å². The number of carbonyl (C=O) groups excluding carboxylic acids is 2. The van der Waals surface area contributed by atoms with Gasteiger partial charge in [0, 0.05) is 19.5 Å². The highest BCUT2D eigenvalue weighted by atomic mass is 16.5. The van der Waals surface area contributed by atoms with Crippen molar-refractivity contribution in [2.45, 2.75) is 45.3 Å². The van der Waals surface area contributed by atoms with Crippen molar-refractivity contribution in [2.75, 3.05) is 13.2 Å². The maximum Gasteiger partial charge on any atom is 0.234 e. The number of aryl methyl sites for hydroxylation is 1. The Hall–Kier alpha value is -3.68. The van der Waals surface area contributed by atoms with E-state index in [1.165, 1.54) is 5.56 Å². The molecule has 3 aromatic carbocycles. The summed E-state index contributed by atoms with van der Waals surface area (Å²) in [4.78, 5) is 22.5. The SMILES string of the molecule is CCC(=O)NCc1cc[c]cc1.NC(=O)[C@@H](CCc1ccccc1)NCc1ccc(OCCO)cc1. The summed E-state index contributed by atoms with van der Waals surface area (Å²) in [6.07, 6.45) is 2.01. The van der Waals surface area contributed by atoms with Gasteiger partial charge in [0.15, 0.2) is 0 Å². The van der Waals surface area contributed by atoms with Crippen molar-refractivity contribution in [3.63, 3.8) is 0 Å². The van der Waals surface area contributed by atoms with Crippen LogP contribution in [0.2, 0.25) is 0 Å². The Bertz CT molecular complexity index is 1010. The molecule has 0 saturated heterocycles. The van der Waals surface area contributed by atoms with Gasteiger partial charge >= 0.3 is 0 Å². The Kier molecular flexibility index (Phi) is 13.4. The van der Waals surface area contributed by atoms with Crippen LogP contribution in [-0.4, -0.2) is 36.2 Å². The Morgan fingerprint density at radius 3 is 2.22 bits per heavy atom. The van der Waals surface area contributed by atoms with Crippen molar-refractivity contribution in [3.8, 4) is 5.75 Å². The van der Waals surface area contributed by atoms with Crippen LogP contribution in [0.25, 0.3) is 0 Å². The van der Waals surface area contributed by atoms with Gasteiger partial charge in [-0.2, -0.15) is 0 Å². The summed E-state index contributed by atoms with van der Waals surface area (Å²) in [5, 5.41) is 14.7. The number of hydrogen-bond donors (Lipinski definition) is 4. The van der Waals surface area contributed by atoms with E-state index in [-0.39, 0.29) is 31.1 Å². The van der Waals surface area contributed by atoms with Crippen LogP contribution in [0.4, 0.5) is 0 Å². The molecule has 0 fully saturated rings. The number of aliphatic hydroxyl groups is 1. The second-order valence-corrected chi connectivity index (χ2v) is 8.11. The Morgan fingerprint density at radius 2 is 1.61 bits per heavy atom. The van der Waals surface area contributed by atoms with E-state index in [1.54, 1.807) is 0 Å². The molecule has 1 radical (unpaired) electrons. The molecule has 7 nitrogen and oxygen atoms in total. The van der Waals surface area contributed by atoms with Crippen LogP contribution in [-0.2, 0) is 29.1 Å². The third-order valence-corrected chi connectivity index (χ3v) is 5.34. The van der Waals surface area contributed by atoms with Crippen molar-refractivity contribution in [3.05, 3.63) is 102 Å². The van der Waals surface area contributed by atoms with E-state index in [2.05, 4.69) is 16.7 Å². The zero-order valence-electron chi connectivity index (χ0n) is 20.8. The molecule has 3 aromatic rings. The van der Waals surface area contributed by atoms with E-state index in [0.29, 0.717) is 31.7 Å². The largest absolute Gasteiger partial charge is 0.491 e. The molecule has 0 aliphatic carbocycles. The van der Waals surface area contributed by atoms with E-state index in [1.807, 2.05) is 85.8 Å². The van der Waals surface area contributed by atoms with Crippen LogP contribution in [0.1, 0.15) is 36.5 Å². The molecule has 0 spiro atoms. The Morgan fingerprint density at radius 1 is 0.944 bits per heavy atom. The van der Waals surface area contributed by atoms with Gasteiger partial charge in [-0.3, -0.25) is 9.59 Å². The zero-order chi connectivity index (χ0) is 26.0. The fourth-order valence-corrected chi connectivity index (χ4v) is 3.27. The molecular formula is C29H36N3O4. The molecule has 36 heavy (non-hydrogen) atoms. The first-order valence-corrected chi connectivity index (χ1v) is 12.1. The number of nitrogens with two attached hydrogens (primary N) is 1. The quantitative estimate of drug-likeness (QED) is 0.294. The van der Waals surface area contributed by atoms with Crippen molar-refractivity contribution in [2.24, 2.45) is 5.73 Å². The number of benzene rings is 3. The van der Waals surface area contributed by atoms with Gasteiger partial charge in [0.25, 0.3) is 0 Å². The maximum atomic E-state index is 11.6. The predicted molar refractivity (Wildman–Crippen MR) is 141 cm³/mol. The van der Waals surface area contributed by atoms with Gasteiger partial charge in [-0.15, -0.1) is 0 Å². The second kappa shape index (κ2) is 16.9. The van der Waals surface area contributed by atoms with E-state index in [9.17, 15) is 9.59 Å². The number of rotatable bonds is 13. The molecule has 0 saturated carbocycles. The highest BCUT2D eigenvalue weighted by Crippen LogP contribution is 2.12. The van der Waals surface area contributed by atoms with Gasteiger partial charge in [-0.05, 0) is 47.7 Å². The van der Waals surface area contributed by atoms with Gasteiger partial charge in [0.2, 0.25) is 11.8 Å². The van der Waals surface area contributed by atoms with E-state index in [4.69, 9.17) is 15.6 Å². The first-order valence-electron chi connectivity index (χ1n) is 12.1. The van der Waals surface area contributed by atoms with Crippen LogP contribution in [0.15, 0.2) is 78.9 Å². The summed E-state index contributed by atoms with van der Waals surface area (Å²) in [5.74, 6) is 0.458. The van der Waals surface area contributed by atoms with Crippen LogP contribution in [0.3, 0.4) is 0 Å². The normalized spacial score (nSPS) is 11.1. The second-order valence-electron chi connectivity index (χ2n) is 8.11. The summed E-state index contributed by atoms with van der Waals surface area (Å²) in [5.41, 5.74) is 8.84. The highest BCUT2D eigenvalue weighted by Gasteiger charge is 2.14. The molecule has 0 aliphatic rings. The highest BCUT2D eigenvalue weighted by molar-refractivity contribution is 5.79. The topological polar surface area (TPSA) is 114 Å². The maximum absolute atomic E-state index is 11.6. The fraction of sp³-hybridized carbons (Fsp3) is 0.310. The fourth-order valence-electron chi connectivity index (χ4n) is 3.27. The summed E-state index contributed by atoms with van der Waals surface area (Å²) >= 11 is 0. The zero-order valence-corrected chi connectivity index (χ0v) is 20.8. The minimum Gasteiger partial charge on any atom is -0.491 e. The lowest BCUT2D eigenvalue weighted by atomic mass is 10.0. The molecule has 0 aliphatic heterocycles. The third kappa shape index (κ3) is 11.6. The van der Waals surface area contributed by atoms with Gasteiger partial charge < -0.3 is 26.2 Å². The van der Waals surface area contributed by atoms with Crippen LogP contribution in [0, 0.1) is 6.07 Å². The van der Waals surface area contributed by atoms with Crippen LogP contribution >= 0.6 is 0 Å². The molecule has 2 amide bonds. The van der Waals surface area contributed by atoms with Crippen LogP contribution < -0.4 is 21.1 Å². The molecule has 5 N–H and O–H groups in total. The summed E-state index contributed by atoms with van der Waals surface area (Å²) in [6.45, 7) is 3.28. The number of amides is 2. The first-order chi connectivity index (χ1) is 17.5. The van der Waals surface area contributed by atoms with E-state index in [0.717, 1.165) is 17.5 Å². The minimum absolute atomic E-state index is 0.00892. The first kappa shape index (κ1) is 28.6. The lowest BCUT2D eigenvalue weighted by Gasteiger charge is -2.16. The van der Waals surface area contributed by atoms with Crippen molar-refractivity contribution >= 4 is 11.8 Å². The minimum atomic E-state index is -0.365. The molecule has 0 heterocycles.